The fourth-order valence-corrected chi connectivity index (χ4v) is 16.6. The summed E-state index contributed by atoms with van der Waals surface area (Å²) in [7, 11) is 0. The SMILES string of the molecule is Cc1ncsc1-c1ccc(CNC(=O)C2CC(O)CN2C(=O)C(NC(=O)CCOCCOCCOCCNC(=O)C23CCC(C)(C)CC2C2=CCC4C5(C)CCC(O)C(C)(C)C5CCC4(C)C2(C)CC3)C(C)(C)C)cc1. The van der Waals surface area contributed by atoms with Gasteiger partial charge in [0.15, 0.2) is 0 Å². The number of amides is 4. The Kier molecular flexibility index (Phi) is 17.5. The molecular formula is C61H93N5O9S. The van der Waals surface area contributed by atoms with Crippen LogP contribution in [0.1, 0.15) is 158 Å². The number of likely N-dealkylation sites (tertiary alicyclic amines) is 1. The van der Waals surface area contributed by atoms with Gasteiger partial charge < -0.3 is 45.3 Å². The number of rotatable bonds is 19. The number of aryl methyl sites for hydroxylation is 1. The molecule has 4 saturated carbocycles. The van der Waals surface area contributed by atoms with Crippen molar-refractivity contribution in [3.8, 4) is 10.4 Å². The number of fused-ring (bicyclic) bond motifs is 7. The van der Waals surface area contributed by atoms with E-state index in [-0.39, 0.29) is 96.0 Å². The third-order valence-corrected chi connectivity index (χ3v) is 21.5. The van der Waals surface area contributed by atoms with Crippen LogP contribution in [0.4, 0.5) is 0 Å². The van der Waals surface area contributed by atoms with Crippen molar-refractivity contribution in [1.82, 2.24) is 25.8 Å². The second kappa shape index (κ2) is 22.8. The minimum Gasteiger partial charge on any atom is -0.393 e. The predicted molar refractivity (Wildman–Crippen MR) is 297 cm³/mol. The van der Waals surface area contributed by atoms with Crippen molar-refractivity contribution in [3.05, 3.63) is 52.7 Å². The maximum Gasteiger partial charge on any atom is 0.246 e. The molecule has 4 amide bonds. The molecule has 0 bridgehead atoms. The maximum absolute atomic E-state index is 14.5. The van der Waals surface area contributed by atoms with Gasteiger partial charge in [-0.1, -0.05) is 105 Å². The molecule has 11 atom stereocenters. The van der Waals surface area contributed by atoms with Crippen LogP contribution in [0.5, 0.6) is 0 Å². The number of hydrogen-bond acceptors (Lipinski definition) is 11. The van der Waals surface area contributed by atoms with Crippen LogP contribution in [0, 0.1) is 62.6 Å². The highest BCUT2D eigenvalue weighted by atomic mass is 32.1. The van der Waals surface area contributed by atoms with Crippen LogP contribution in [0.2, 0.25) is 0 Å². The number of carbonyl (C=O) groups is 4. The molecular weight excluding hydrogens is 979 g/mol. The van der Waals surface area contributed by atoms with Crippen molar-refractivity contribution in [1.29, 1.82) is 0 Å². The Morgan fingerprint density at radius 1 is 0.829 bits per heavy atom. The number of nitrogens with one attached hydrogen (secondary N) is 3. The monoisotopic (exact) mass is 1070 g/mol. The summed E-state index contributed by atoms with van der Waals surface area (Å²) >= 11 is 1.58. The lowest BCUT2D eigenvalue weighted by molar-refractivity contribution is -0.203. The molecule has 76 heavy (non-hydrogen) atoms. The van der Waals surface area contributed by atoms with E-state index in [0.29, 0.717) is 44.8 Å². The number of ether oxygens (including phenoxy) is 3. The summed E-state index contributed by atoms with van der Waals surface area (Å²) in [4.78, 5) is 62.1. The number of β-amino-alcohol motifs (C(OH)–C–C–N with tert-alkyl or cyclic N) is 1. The Bertz CT molecular complexity index is 2430. The number of aliphatic hydroxyl groups is 2. The molecule has 2 heterocycles. The standard InChI is InChI=1S/C61H93N5O9S/c1-39-50(76-38-64-39)41-14-12-40(13-15-41)36-63-52(70)45-34-42(67)37-66(45)53(71)51(55(2,3)4)65-49(69)20-28-73-30-32-75-33-31-74-29-27-62-54(72)61-25-23-56(5,6)35-44(61)43-16-17-47-58(9)21-19-48(68)57(7,8)46(58)18-22-60(47,11)59(43,10)24-26-61/h12-16,38,42,44-48,51,67-68H,17-37H2,1-11H3,(H,62,72)(H,63,70)(H,65,69). The van der Waals surface area contributed by atoms with E-state index >= 15 is 0 Å². The fraction of sp³-hybridized carbons (Fsp3) is 0.754. The second-order valence-electron chi connectivity index (χ2n) is 27.0. The first-order chi connectivity index (χ1) is 35.8. The van der Waals surface area contributed by atoms with Crippen LogP contribution >= 0.6 is 11.3 Å². The van der Waals surface area contributed by atoms with Crippen molar-refractivity contribution in [3.63, 3.8) is 0 Å². The van der Waals surface area contributed by atoms with Crippen LogP contribution in [-0.2, 0) is 39.9 Å². The van der Waals surface area contributed by atoms with Gasteiger partial charge in [0.05, 0.1) is 73.3 Å². The summed E-state index contributed by atoms with van der Waals surface area (Å²) in [5.41, 5.74) is 5.70. The lowest BCUT2D eigenvalue weighted by atomic mass is 9.33. The highest BCUT2D eigenvalue weighted by molar-refractivity contribution is 7.13. The second-order valence-corrected chi connectivity index (χ2v) is 27.9. The van der Waals surface area contributed by atoms with Crippen LogP contribution in [0.25, 0.3) is 10.4 Å². The zero-order valence-electron chi connectivity index (χ0n) is 47.9. The first-order valence-electron chi connectivity index (χ1n) is 28.7. The molecule has 14 nitrogen and oxygen atoms in total. The highest BCUT2D eigenvalue weighted by Crippen LogP contribution is 2.75. The van der Waals surface area contributed by atoms with Crippen molar-refractivity contribution in [2.75, 3.05) is 52.7 Å². The van der Waals surface area contributed by atoms with E-state index in [9.17, 15) is 29.4 Å². The molecule has 0 spiro atoms. The molecule has 0 radical (unpaired) electrons. The highest BCUT2D eigenvalue weighted by Gasteiger charge is 2.69. The largest absolute Gasteiger partial charge is 0.393 e. The lowest BCUT2D eigenvalue weighted by Gasteiger charge is -2.71. The smallest absolute Gasteiger partial charge is 0.246 e. The van der Waals surface area contributed by atoms with Crippen LogP contribution in [-0.4, -0.2) is 121 Å². The number of allylic oxidation sites excluding steroid dienone is 2. The van der Waals surface area contributed by atoms with Gasteiger partial charge >= 0.3 is 0 Å². The van der Waals surface area contributed by atoms with Gasteiger partial charge in [0.2, 0.25) is 23.6 Å². The summed E-state index contributed by atoms with van der Waals surface area (Å²) in [6, 6.07) is 6.11. The number of hydrogen-bond donors (Lipinski definition) is 5. The Morgan fingerprint density at radius 2 is 1.50 bits per heavy atom. The lowest BCUT2D eigenvalue weighted by Crippen LogP contribution is -2.65. The van der Waals surface area contributed by atoms with Gasteiger partial charge in [0, 0.05) is 32.5 Å². The summed E-state index contributed by atoms with van der Waals surface area (Å²) in [6.07, 6.45) is 12.0. The van der Waals surface area contributed by atoms with Gasteiger partial charge in [0.25, 0.3) is 0 Å². The summed E-state index contributed by atoms with van der Waals surface area (Å²) < 4.78 is 17.4. The topological polar surface area (TPSA) is 189 Å². The normalized spacial score (nSPS) is 32.9. The molecule has 1 aromatic carbocycles. The quantitative estimate of drug-likeness (QED) is 0.0671. The van der Waals surface area contributed by atoms with Gasteiger partial charge in [-0.25, -0.2) is 4.98 Å². The molecule has 15 heteroatoms. The zero-order chi connectivity index (χ0) is 55.1. The van der Waals surface area contributed by atoms with Gasteiger partial charge in [-0.3, -0.25) is 19.2 Å². The number of aliphatic hydroxyl groups excluding tert-OH is 2. The number of thiazole rings is 1. The van der Waals surface area contributed by atoms with Gasteiger partial charge in [-0.15, -0.1) is 11.3 Å². The zero-order valence-corrected chi connectivity index (χ0v) is 48.7. The number of benzene rings is 1. The Morgan fingerprint density at radius 3 is 2.17 bits per heavy atom. The van der Waals surface area contributed by atoms with Gasteiger partial charge in [-0.05, 0) is 133 Å². The first-order valence-corrected chi connectivity index (χ1v) is 29.6. The van der Waals surface area contributed by atoms with E-state index in [0.717, 1.165) is 79.5 Å². The maximum atomic E-state index is 14.5. The van der Waals surface area contributed by atoms with Crippen LogP contribution in [0.3, 0.4) is 0 Å². The Labute approximate surface area is 458 Å². The minimum absolute atomic E-state index is 0.000877. The average molecular weight is 1070 g/mol. The first kappa shape index (κ1) is 58.4. The molecule has 8 rings (SSSR count). The number of carbonyl (C=O) groups excluding carboxylic acids is 4. The van der Waals surface area contributed by atoms with E-state index in [4.69, 9.17) is 14.2 Å². The molecule has 11 unspecified atom stereocenters. The molecule has 6 aliphatic rings. The fourth-order valence-electron chi connectivity index (χ4n) is 15.8. The molecule has 5 N–H and O–H groups in total. The molecule has 1 saturated heterocycles. The van der Waals surface area contributed by atoms with Crippen molar-refractivity contribution in [2.45, 2.75) is 184 Å². The Balaban J connectivity index is 0.733. The molecule has 1 aliphatic heterocycles. The van der Waals surface area contributed by atoms with E-state index < -0.39 is 34.9 Å². The van der Waals surface area contributed by atoms with Crippen molar-refractivity contribution < 1.29 is 43.6 Å². The summed E-state index contributed by atoms with van der Waals surface area (Å²) in [6.45, 7) is 27.3. The third-order valence-electron chi connectivity index (χ3n) is 20.5. The van der Waals surface area contributed by atoms with E-state index in [1.807, 2.05) is 57.5 Å². The van der Waals surface area contributed by atoms with E-state index in [1.165, 1.54) is 11.3 Å². The number of aromatic nitrogens is 1. The third kappa shape index (κ3) is 11.5. The number of nitrogens with zero attached hydrogens (tertiary/aromatic N) is 2. The van der Waals surface area contributed by atoms with Crippen LogP contribution in [0.15, 0.2) is 41.4 Å². The minimum atomic E-state index is -0.928. The molecule has 5 fully saturated rings. The van der Waals surface area contributed by atoms with Crippen molar-refractivity contribution >= 4 is 35.0 Å². The van der Waals surface area contributed by atoms with Crippen molar-refractivity contribution in [2.24, 2.45) is 55.7 Å². The molecule has 5 aliphatic carbocycles. The van der Waals surface area contributed by atoms with E-state index in [1.54, 1.807) is 16.9 Å². The molecule has 2 aromatic rings. The molecule has 1 aromatic heterocycles. The van der Waals surface area contributed by atoms with E-state index in [2.05, 4.69) is 75.5 Å². The van der Waals surface area contributed by atoms with Gasteiger partial charge in [-0.2, -0.15) is 0 Å². The summed E-state index contributed by atoms with van der Waals surface area (Å²) in [5, 5.41) is 30.9. The van der Waals surface area contributed by atoms with Gasteiger partial charge in [0.1, 0.15) is 12.1 Å². The predicted octanol–water partition coefficient (Wildman–Crippen LogP) is 8.95. The van der Waals surface area contributed by atoms with Crippen LogP contribution < -0.4 is 16.0 Å². The molecule has 422 valence electrons. The average Bonchev–Trinajstić information content (AvgIpc) is 4.13. The Hall–Kier alpha value is -3.73. The summed E-state index contributed by atoms with van der Waals surface area (Å²) in [5.74, 6) is 0.362.